The van der Waals surface area contributed by atoms with Crippen LogP contribution < -0.4 is 5.32 Å². The molecule has 1 N–H and O–H groups in total. The Morgan fingerprint density at radius 2 is 2.19 bits per heavy atom. The summed E-state index contributed by atoms with van der Waals surface area (Å²) in [6, 6.07) is 0. The molecule has 10 heteroatoms. The lowest BCUT2D eigenvalue weighted by Gasteiger charge is -2.04. The fourth-order valence-electron chi connectivity index (χ4n) is 1.69. The predicted octanol–water partition coefficient (Wildman–Crippen LogP) is 1.88. The molecule has 2 aromatic rings. The second kappa shape index (κ2) is 4.86. The van der Waals surface area contributed by atoms with E-state index in [1.807, 2.05) is 0 Å². The van der Waals surface area contributed by atoms with Crippen molar-refractivity contribution in [1.82, 2.24) is 20.4 Å². The third-order valence-corrected chi connectivity index (χ3v) is 2.86. The molecule has 7 nitrogen and oxygen atoms in total. The second-order valence-electron chi connectivity index (χ2n) is 4.53. The number of halogens is 3. The Kier molecular flexibility index (Phi) is 3.15. The maximum absolute atomic E-state index is 12.6. The molecule has 0 aromatic carbocycles. The van der Waals surface area contributed by atoms with E-state index in [9.17, 15) is 18.0 Å². The van der Waals surface area contributed by atoms with Crippen LogP contribution in [-0.4, -0.2) is 21.0 Å². The number of oxazole rings is 1. The van der Waals surface area contributed by atoms with Gasteiger partial charge in [-0.3, -0.25) is 4.79 Å². The molecule has 1 aliphatic carbocycles. The molecule has 1 amide bonds. The lowest BCUT2D eigenvalue weighted by molar-refractivity contribution is -0.153. The van der Waals surface area contributed by atoms with Gasteiger partial charge in [-0.2, -0.15) is 18.2 Å². The highest BCUT2D eigenvalue weighted by Crippen LogP contribution is 2.38. The molecular formula is C11H9F3N4O3. The van der Waals surface area contributed by atoms with E-state index in [2.05, 4.69) is 24.9 Å². The minimum atomic E-state index is -4.78. The molecular weight excluding hydrogens is 293 g/mol. The second-order valence-corrected chi connectivity index (χ2v) is 4.53. The van der Waals surface area contributed by atoms with Crippen molar-refractivity contribution >= 4 is 5.91 Å². The van der Waals surface area contributed by atoms with Crippen molar-refractivity contribution in [2.75, 3.05) is 0 Å². The summed E-state index contributed by atoms with van der Waals surface area (Å²) in [4.78, 5) is 19.0. The highest BCUT2D eigenvalue weighted by molar-refractivity contribution is 5.93. The standard InChI is InChI=1S/C11H9F3N4O3/c12-11(13,14)8-7(16-4-20-8)9(19)15-3-6-17-10(21-18-6)5-1-2-5/h4-5H,1-3H2,(H,15,19). The van der Waals surface area contributed by atoms with E-state index in [1.165, 1.54) is 0 Å². The fourth-order valence-corrected chi connectivity index (χ4v) is 1.69. The number of rotatable bonds is 4. The summed E-state index contributed by atoms with van der Waals surface area (Å²) >= 11 is 0. The predicted molar refractivity (Wildman–Crippen MR) is 58.9 cm³/mol. The Morgan fingerprint density at radius 1 is 1.43 bits per heavy atom. The third kappa shape index (κ3) is 2.88. The maximum Gasteiger partial charge on any atom is 0.452 e. The summed E-state index contributed by atoms with van der Waals surface area (Å²) < 4.78 is 46.8. The van der Waals surface area contributed by atoms with Crippen LogP contribution in [0.15, 0.2) is 15.3 Å². The van der Waals surface area contributed by atoms with Crippen LogP contribution in [0, 0.1) is 0 Å². The van der Waals surface area contributed by atoms with Gasteiger partial charge in [0.25, 0.3) is 5.91 Å². The van der Waals surface area contributed by atoms with E-state index in [0.717, 1.165) is 12.8 Å². The topological polar surface area (TPSA) is 94.1 Å². The fraction of sp³-hybridized carbons (Fsp3) is 0.455. The van der Waals surface area contributed by atoms with E-state index in [1.54, 1.807) is 0 Å². The number of amides is 1. The lowest BCUT2D eigenvalue weighted by Crippen LogP contribution is -2.26. The van der Waals surface area contributed by atoms with Gasteiger partial charge in [0, 0.05) is 5.92 Å². The molecule has 1 aliphatic rings. The molecule has 0 unspecified atom stereocenters. The number of hydrogen-bond acceptors (Lipinski definition) is 6. The zero-order chi connectivity index (χ0) is 15.0. The molecule has 0 atom stereocenters. The van der Waals surface area contributed by atoms with Gasteiger partial charge in [0.2, 0.25) is 11.7 Å². The van der Waals surface area contributed by atoms with Gasteiger partial charge in [-0.15, -0.1) is 0 Å². The van der Waals surface area contributed by atoms with Gasteiger partial charge in [-0.05, 0) is 12.8 Å². The van der Waals surface area contributed by atoms with Crippen molar-refractivity contribution in [3.63, 3.8) is 0 Å². The van der Waals surface area contributed by atoms with Crippen LogP contribution in [0.2, 0.25) is 0 Å². The third-order valence-electron chi connectivity index (χ3n) is 2.86. The van der Waals surface area contributed by atoms with Gasteiger partial charge in [0.05, 0.1) is 6.54 Å². The largest absolute Gasteiger partial charge is 0.452 e. The van der Waals surface area contributed by atoms with Crippen molar-refractivity contribution in [2.24, 2.45) is 0 Å². The molecule has 0 aliphatic heterocycles. The number of aromatic nitrogens is 3. The van der Waals surface area contributed by atoms with Gasteiger partial charge in [-0.25, -0.2) is 4.98 Å². The van der Waals surface area contributed by atoms with Gasteiger partial charge in [0.15, 0.2) is 17.9 Å². The monoisotopic (exact) mass is 302 g/mol. The first-order valence-electron chi connectivity index (χ1n) is 6.06. The summed E-state index contributed by atoms with van der Waals surface area (Å²) in [5, 5.41) is 5.88. The SMILES string of the molecule is O=C(NCc1noc(C2CC2)n1)c1ncoc1C(F)(F)F. The van der Waals surface area contributed by atoms with Gasteiger partial charge >= 0.3 is 6.18 Å². The van der Waals surface area contributed by atoms with Crippen LogP contribution >= 0.6 is 0 Å². The Labute approximate surface area is 115 Å². The number of hydrogen-bond donors (Lipinski definition) is 1. The molecule has 0 spiro atoms. The van der Waals surface area contributed by atoms with E-state index in [0.29, 0.717) is 12.3 Å². The average Bonchev–Trinajstić information content (AvgIpc) is 2.97. The maximum atomic E-state index is 12.6. The highest BCUT2D eigenvalue weighted by atomic mass is 19.4. The number of nitrogens with one attached hydrogen (secondary N) is 1. The molecule has 1 saturated carbocycles. The molecule has 0 bridgehead atoms. The van der Waals surface area contributed by atoms with Crippen LogP contribution in [0.1, 0.15) is 46.7 Å². The number of alkyl halides is 3. The van der Waals surface area contributed by atoms with Crippen molar-refractivity contribution < 1.29 is 26.9 Å². The van der Waals surface area contributed by atoms with Crippen LogP contribution in [0.4, 0.5) is 13.2 Å². The Hall–Kier alpha value is -2.39. The summed E-state index contributed by atoms with van der Waals surface area (Å²) in [6.07, 6.45) is -2.27. The van der Waals surface area contributed by atoms with Crippen molar-refractivity contribution in [2.45, 2.75) is 31.5 Å². The smallest absolute Gasteiger partial charge is 0.438 e. The molecule has 2 aromatic heterocycles. The van der Waals surface area contributed by atoms with Gasteiger partial charge in [0.1, 0.15) is 0 Å². The van der Waals surface area contributed by atoms with Gasteiger partial charge in [-0.1, -0.05) is 5.16 Å². The quantitative estimate of drug-likeness (QED) is 0.926. The molecule has 3 rings (SSSR count). The van der Waals surface area contributed by atoms with Crippen molar-refractivity contribution in [3.05, 3.63) is 29.6 Å². The summed E-state index contributed by atoms with van der Waals surface area (Å²) in [5.74, 6) is -1.52. The average molecular weight is 302 g/mol. The first-order chi connectivity index (χ1) is 9.95. The molecule has 0 radical (unpaired) electrons. The van der Waals surface area contributed by atoms with Crippen LogP contribution in [-0.2, 0) is 12.7 Å². The highest BCUT2D eigenvalue weighted by Gasteiger charge is 2.40. The van der Waals surface area contributed by atoms with E-state index in [-0.39, 0.29) is 18.3 Å². The normalized spacial score (nSPS) is 15.2. The molecule has 0 saturated heterocycles. The van der Waals surface area contributed by atoms with E-state index in [4.69, 9.17) is 4.52 Å². The summed E-state index contributed by atoms with van der Waals surface area (Å²) in [7, 11) is 0. The van der Waals surface area contributed by atoms with Crippen molar-refractivity contribution in [1.29, 1.82) is 0 Å². The minimum absolute atomic E-state index is 0.154. The summed E-state index contributed by atoms with van der Waals surface area (Å²) in [5.41, 5.74) is -0.826. The number of carbonyl (C=O) groups is 1. The first kappa shape index (κ1) is 13.6. The van der Waals surface area contributed by atoms with E-state index >= 15 is 0 Å². The molecule has 21 heavy (non-hydrogen) atoms. The zero-order valence-electron chi connectivity index (χ0n) is 10.5. The van der Waals surface area contributed by atoms with Crippen LogP contribution in [0.5, 0.6) is 0 Å². The van der Waals surface area contributed by atoms with Crippen LogP contribution in [0.3, 0.4) is 0 Å². The number of carbonyl (C=O) groups excluding carboxylic acids is 1. The first-order valence-corrected chi connectivity index (χ1v) is 6.06. The molecule has 112 valence electrons. The Balaban J connectivity index is 1.64. The number of nitrogens with zero attached hydrogens (tertiary/aromatic N) is 3. The van der Waals surface area contributed by atoms with Crippen LogP contribution in [0.25, 0.3) is 0 Å². The molecule has 2 heterocycles. The van der Waals surface area contributed by atoms with Crippen molar-refractivity contribution in [3.8, 4) is 0 Å². The van der Waals surface area contributed by atoms with E-state index < -0.39 is 23.5 Å². The Morgan fingerprint density at radius 3 is 2.86 bits per heavy atom. The molecule has 1 fully saturated rings. The lowest BCUT2D eigenvalue weighted by atomic mass is 10.3. The zero-order valence-corrected chi connectivity index (χ0v) is 10.5. The summed E-state index contributed by atoms with van der Waals surface area (Å²) in [6.45, 7) is -0.154. The minimum Gasteiger partial charge on any atom is -0.438 e. The Bertz CT molecular complexity index is 660. The van der Waals surface area contributed by atoms with Gasteiger partial charge < -0.3 is 14.3 Å².